The Kier molecular flexibility index (Phi) is 4.73. The van der Waals surface area contributed by atoms with Crippen molar-refractivity contribution in [2.45, 2.75) is 51.6 Å². The highest BCUT2D eigenvalue weighted by Crippen LogP contribution is 2.26. The standard InChI is InChI=1S/C13H24N2O3/c1-5-8-15-9-13(2,3)14(4)12(18)10(15)6-7-11(16)17/h10H,5-9H2,1-4H3,(H,16,17). The fourth-order valence-corrected chi connectivity index (χ4v) is 2.48. The highest BCUT2D eigenvalue weighted by molar-refractivity contribution is 5.84. The summed E-state index contributed by atoms with van der Waals surface area (Å²) in [4.78, 5) is 26.9. The van der Waals surface area contributed by atoms with Gasteiger partial charge in [0.15, 0.2) is 0 Å². The van der Waals surface area contributed by atoms with Crippen molar-refractivity contribution in [3.63, 3.8) is 0 Å². The molecule has 1 amide bonds. The Hall–Kier alpha value is -1.10. The van der Waals surface area contributed by atoms with E-state index in [0.29, 0.717) is 6.42 Å². The van der Waals surface area contributed by atoms with Gasteiger partial charge in [-0.2, -0.15) is 0 Å². The molecule has 1 saturated heterocycles. The number of nitrogens with zero attached hydrogens (tertiary/aromatic N) is 2. The maximum Gasteiger partial charge on any atom is 0.303 e. The number of carboxylic acid groups (broad SMARTS) is 1. The van der Waals surface area contributed by atoms with Crippen LogP contribution in [0.1, 0.15) is 40.0 Å². The van der Waals surface area contributed by atoms with Crippen LogP contribution in [0.25, 0.3) is 0 Å². The van der Waals surface area contributed by atoms with Gasteiger partial charge in [-0.15, -0.1) is 0 Å². The molecular weight excluding hydrogens is 232 g/mol. The molecule has 1 atom stereocenters. The van der Waals surface area contributed by atoms with Gasteiger partial charge in [-0.05, 0) is 33.2 Å². The van der Waals surface area contributed by atoms with E-state index in [1.165, 1.54) is 0 Å². The first-order valence-corrected chi connectivity index (χ1v) is 6.53. The molecule has 1 unspecified atom stereocenters. The number of carboxylic acids is 1. The molecule has 0 spiro atoms. The second-order valence-corrected chi connectivity index (χ2v) is 5.63. The van der Waals surface area contributed by atoms with E-state index in [0.717, 1.165) is 19.5 Å². The molecule has 0 aromatic rings. The zero-order chi connectivity index (χ0) is 13.9. The van der Waals surface area contributed by atoms with Crippen molar-refractivity contribution in [1.82, 2.24) is 9.80 Å². The van der Waals surface area contributed by atoms with E-state index in [-0.39, 0.29) is 23.9 Å². The number of rotatable bonds is 5. The highest BCUT2D eigenvalue weighted by Gasteiger charge is 2.42. The van der Waals surface area contributed by atoms with Crippen LogP contribution in [0.2, 0.25) is 0 Å². The molecule has 1 fully saturated rings. The van der Waals surface area contributed by atoms with Gasteiger partial charge in [-0.25, -0.2) is 0 Å². The molecule has 0 saturated carbocycles. The smallest absolute Gasteiger partial charge is 0.303 e. The quantitative estimate of drug-likeness (QED) is 0.802. The van der Waals surface area contributed by atoms with E-state index in [1.807, 2.05) is 13.8 Å². The molecule has 0 aromatic heterocycles. The van der Waals surface area contributed by atoms with E-state index in [1.54, 1.807) is 11.9 Å². The van der Waals surface area contributed by atoms with Gasteiger partial charge >= 0.3 is 5.97 Å². The number of amides is 1. The van der Waals surface area contributed by atoms with Crippen LogP contribution in [-0.4, -0.2) is 58.5 Å². The fourth-order valence-electron chi connectivity index (χ4n) is 2.48. The Labute approximate surface area is 109 Å². The number of hydrogen-bond acceptors (Lipinski definition) is 3. The van der Waals surface area contributed by atoms with Crippen LogP contribution in [0.15, 0.2) is 0 Å². The Morgan fingerprint density at radius 1 is 1.50 bits per heavy atom. The van der Waals surface area contributed by atoms with Crippen molar-refractivity contribution in [3.05, 3.63) is 0 Å². The fraction of sp³-hybridized carbons (Fsp3) is 0.846. The molecule has 5 heteroatoms. The molecule has 1 aliphatic rings. The molecule has 5 nitrogen and oxygen atoms in total. The normalized spacial score (nSPS) is 24.3. The zero-order valence-electron chi connectivity index (χ0n) is 11.8. The van der Waals surface area contributed by atoms with Crippen molar-refractivity contribution in [2.75, 3.05) is 20.1 Å². The van der Waals surface area contributed by atoms with Gasteiger partial charge in [0.25, 0.3) is 0 Å². The van der Waals surface area contributed by atoms with Gasteiger partial charge in [-0.3, -0.25) is 14.5 Å². The second-order valence-electron chi connectivity index (χ2n) is 5.63. The first-order valence-electron chi connectivity index (χ1n) is 6.53. The molecule has 1 heterocycles. The lowest BCUT2D eigenvalue weighted by atomic mass is 9.93. The number of likely N-dealkylation sites (N-methyl/N-ethyl adjacent to an activating group) is 1. The lowest BCUT2D eigenvalue weighted by Gasteiger charge is -2.49. The van der Waals surface area contributed by atoms with Crippen molar-refractivity contribution < 1.29 is 14.7 Å². The van der Waals surface area contributed by atoms with E-state index < -0.39 is 5.97 Å². The predicted molar refractivity (Wildman–Crippen MR) is 69.4 cm³/mol. The number of carbonyl (C=O) groups is 2. The largest absolute Gasteiger partial charge is 0.481 e. The Morgan fingerprint density at radius 3 is 2.61 bits per heavy atom. The average molecular weight is 256 g/mol. The number of piperazine rings is 1. The molecule has 1 aliphatic heterocycles. The molecular formula is C13H24N2O3. The maximum absolute atomic E-state index is 12.3. The predicted octanol–water partition coefficient (Wildman–Crippen LogP) is 1.18. The zero-order valence-corrected chi connectivity index (χ0v) is 11.8. The lowest BCUT2D eigenvalue weighted by Crippen LogP contribution is -2.65. The lowest BCUT2D eigenvalue weighted by molar-refractivity contribution is -0.150. The van der Waals surface area contributed by atoms with E-state index in [2.05, 4.69) is 11.8 Å². The molecule has 0 aromatic carbocycles. The average Bonchev–Trinajstić information content (AvgIpc) is 2.25. The van der Waals surface area contributed by atoms with Crippen LogP contribution < -0.4 is 0 Å². The Balaban J connectivity index is 2.82. The molecule has 0 bridgehead atoms. The minimum absolute atomic E-state index is 0.0425. The van der Waals surface area contributed by atoms with Gasteiger partial charge in [0.2, 0.25) is 5.91 Å². The van der Waals surface area contributed by atoms with Gasteiger partial charge < -0.3 is 10.0 Å². The summed E-state index contributed by atoms with van der Waals surface area (Å²) in [6, 6.07) is -0.279. The van der Waals surface area contributed by atoms with Crippen molar-refractivity contribution >= 4 is 11.9 Å². The second kappa shape index (κ2) is 5.69. The molecule has 0 radical (unpaired) electrons. The van der Waals surface area contributed by atoms with Crippen molar-refractivity contribution in [1.29, 1.82) is 0 Å². The van der Waals surface area contributed by atoms with Gasteiger partial charge in [-0.1, -0.05) is 6.92 Å². The first kappa shape index (κ1) is 15.0. The molecule has 1 N–H and O–H groups in total. The molecule has 0 aliphatic carbocycles. The van der Waals surface area contributed by atoms with Gasteiger partial charge in [0.05, 0.1) is 6.04 Å². The van der Waals surface area contributed by atoms with Gasteiger partial charge in [0.1, 0.15) is 0 Å². The third kappa shape index (κ3) is 3.22. The van der Waals surface area contributed by atoms with E-state index >= 15 is 0 Å². The summed E-state index contributed by atoms with van der Waals surface area (Å²) in [6.07, 6.45) is 1.41. The van der Waals surface area contributed by atoms with E-state index in [9.17, 15) is 9.59 Å². The van der Waals surface area contributed by atoms with E-state index in [4.69, 9.17) is 5.11 Å². The summed E-state index contributed by atoms with van der Waals surface area (Å²) >= 11 is 0. The maximum atomic E-state index is 12.3. The highest BCUT2D eigenvalue weighted by atomic mass is 16.4. The van der Waals surface area contributed by atoms with Crippen molar-refractivity contribution in [3.8, 4) is 0 Å². The third-order valence-electron chi connectivity index (χ3n) is 3.70. The number of hydrogen-bond donors (Lipinski definition) is 1. The summed E-state index contributed by atoms with van der Waals surface area (Å²) in [7, 11) is 1.80. The van der Waals surface area contributed by atoms with Crippen LogP contribution in [0.4, 0.5) is 0 Å². The number of aliphatic carboxylic acids is 1. The first-order chi connectivity index (χ1) is 8.29. The van der Waals surface area contributed by atoms with Crippen LogP contribution in [0.5, 0.6) is 0 Å². The summed E-state index contributed by atoms with van der Waals surface area (Å²) < 4.78 is 0. The van der Waals surface area contributed by atoms with Crippen molar-refractivity contribution in [2.24, 2.45) is 0 Å². The minimum atomic E-state index is -0.841. The third-order valence-corrected chi connectivity index (χ3v) is 3.70. The topological polar surface area (TPSA) is 60.9 Å². The van der Waals surface area contributed by atoms with Crippen LogP contribution in [-0.2, 0) is 9.59 Å². The number of carbonyl (C=O) groups excluding carboxylic acids is 1. The summed E-state index contributed by atoms with van der Waals surface area (Å²) in [5.41, 5.74) is -0.189. The SMILES string of the molecule is CCCN1CC(C)(C)N(C)C(=O)C1CCC(=O)O. The summed E-state index contributed by atoms with van der Waals surface area (Å²) in [5, 5.41) is 8.77. The summed E-state index contributed by atoms with van der Waals surface area (Å²) in [6.45, 7) is 7.80. The minimum Gasteiger partial charge on any atom is -0.481 e. The molecule has 18 heavy (non-hydrogen) atoms. The van der Waals surface area contributed by atoms with Crippen LogP contribution >= 0.6 is 0 Å². The molecule has 104 valence electrons. The monoisotopic (exact) mass is 256 g/mol. The Morgan fingerprint density at radius 2 is 2.11 bits per heavy atom. The summed E-state index contributed by atoms with van der Waals surface area (Å²) in [5.74, 6) is -0.798. The Bertz CT molecular complexity index is 328. The van der Waals surface area contributed by atoms with Gasteiger partial charge in [0, 0.05) is 25.6 Å². The van der Waals surface area contributed by atoms with Crippen LogP contribution in [0.3, 0.4) is 0 Å². The molecule has 1 rings (SSSR count). The van der Waals surface area contributed by atoms with Crippen LogP contribution in [0, 0.1) is 0 Å².